The molecular weight excluding hydrogens is 276 g/mol. The zero-order chi connectivity index (χ0) is 15.4. The Bertz CT molecular complexity index is 562. The maximum Gasteiger partial charge on any atom is 0.220 e. The lowest BCUT2D eigenvalue weighted by molar-refractivity contribution is -0.121. The normalized spacial score (nSPS) is 18.1. The van der Waals surface area contributed by atoms with Crippen LogP contribution in [0.4, 0.5) is 5.82 Å². The number of carbonyl (C=O) groups is 1. The molecular formula is C17H24N4O. The van der Waals surface area contributed by atoms with Gasteiger partial charge >= 0.3 is 0 Å². The fourth-order valence-electron chi connectivity index (χ4n) is 3.23. The number of amides is 1. The van der Waals surface area contributed by atoms with Gasteiger partial charge in [-0.2, -0.15) is 0 Å². The molecule has 0 radical (unpaired) electrons. The van der Waals surface area contributed by atoms with Crippen molar-refractivity contribution in [1.82, 2.24) is 15.3 Å². The molecule has 0 spiro atoms. The molecule has 0 saturated carbocycles. The van der Waals surface area contributed by atoms with Crippen LogP contribution in [-0.4, -0.2) is 35.0 Å². The summed E-state index contributed by atoms with van der Waals surface area (Å²) < 4.78 is 0. The Balaban J connectivity index is 1.63. The van der Waals surface area contributed by atoms with E-state index < -0.39 is 0 Å². The van der Waals surface area contributed by atoms with Crippen LogP contribution < -0.4 is 10.2 Å². The molecule has 1 aliphatic heterocycles. The zero-order valence-electron chi connectivity index (χ0n) is 13.2. The van der Waals surface area contributed by atoms with Crippen molar-refractivity contribution < 1.29 is 4.79 Å². The van der Waals surface area contributed by atoms with Gasteiger partial charge in [-0.1, -0.05) is 19.1 Å². The van der Waals surface area contributed by atoms with E-state index in [9.17, 15) is 4.79 Å². The Morgan fingerprint density at radius 1 is 1.36 bits per heavy atom. The standard InChI is InChI=1S/C17H24N4O/c1-2-5-16(22)20-13-8-10-21(11-9-13)17-14-6-3-4-7-15(14)18-12-19-17/h3,6,12-13H,2,4-5,7-11H2,1H3,(H,20,22). The van der Waals surface area contributed by atoms with Gasteiger partial charge in [-0.3, -0.25) is 4.79 Å². The van der Waals surface area contributed by atoms with E-state index in [1.54, 1.807) is 6.33 Å². The van der Waals surface area contributed by atoms with E-state index in [0.29, 0.717) is 12.5 Å². The average molecular weight is 300 g/mol. The molecule has 1 aromatic heterocycles. The third-order valence-corrected chi connectivity index (χ3v) is 4.41. The first-order valence-electron chi connectivity index (χ1n) is 8.32. The Hall–Kier alpha value is -1.91. The van der Waals surface area contributed by atoms with E-state index in [0.717, 1.165) is 56.7 Å². The zero-order valence-corrected chi connectivity index (χ0v) is 13.2. The number of aromatic nitrogens is 2. The summed E-state index contributed by atoms with van der Waals surface area (Å²) in [4.78, 5) is 22.9. The number of allylic oxidation sites excluding steroid dienone is 1. The predicted octanol–water partition coefficient (Wildman–Crippen LogP) is 2.32. The molecule has 118 valence electrons. The van der Waals surface area contributed by atoms with Crippen molar-refractivity contribution in [3.8, 4) is 0 Å². The van der Waals surface area contributed by atoms with Gasteiger partial charge in [0, 0.05) is 31.1 Å². The Labute approximate surface area is 131 Å². The molecule has 1 saturated heterocycles. The summed E-state index contributed by atoms with van der Waals surface area (Å²) in [5.74, 6) is 1.24. The van der Waals surface area contributed by atoms with E-state index in [4.69, 9.17) is 0 Å². The molecule has 0 unspecified atom stereocenters. The summed E-state index contributed by atoms with van der Waals surface area (Å²) in [5.41, 5.74) is 2.34. The highest BCUT2D eigenvalue weighted by Crippen LogP contribution is 2.27. The highest BCUT2D eigenvalue weighted by Gasteiger charge is 2.24. The van der Waals surface area contributed by atoms with Crippen LogP contribution in [0.15, 0.2) is 12.4 Å². The SMILES string of the molecule is CCCC(=O)NC1CCN(c2ncnc3c2C=CCC3)CC1. The Kier molecular flexibility index (Phi) is 4.71. The molecule has 1 aliphatic carbocycles. The summed E-state index contributed by atoms with van der Waals surface area (Å²) in [6, 6.07) is 0.309. The second kappa shape index (κ2) is 6.90. The molecule has 3 rings (SSSR count). The van der Waals surface area contributed by atoms with Crippen molar-refractivity contribution in [3.63, 3.8) is 0 Å². The van der Waals surface area contributed by atoms with Crippen LogP contribution >= 0.6 is 0 Å². The van der Waals surface area contributed by atoms with Gasteiger partial charge < -0.3 is 10.2 Å². The lowest BCUT2D eigenvalue weighted by Gasteiger charge is -2.34. The Morgan fingerprint density at radius 2 is 2.18 bits per heavy atom. The van der Waals surface area contributed by atoms with Crippen molar-refractivity contribution in [2.24, 2.45) is 0 Å². The lowest BCUT2D eigenvalue weighted by Crippen LogP contribution is -2.45. The van der Waals surface area contributed by atoms with Crippen molar-refractivity contribution in [2.75, 3.05) is 18.0 Å². The van der Waals surface area contributed by atoms with E-state index in [1.165, 1.54) is 5.56 Å². The number of fused-ring (bicyclic) bond motifs is 1. The molecule has 1 aromatic rings. The van der Waals surface area contributed by atoms with Crippen LogP contribution in [0.5, 0.6) is 0 Å². The van der Waals surface area contributed by atoms with E-state index in [1.807, 2.05) is 6.92 Å². The summed E-state index contributed by atoms with van der Waals surface area (Å²) in [7, 11) is 0. The van der Waals surface area contributed by atoms with Crippen molar-refractivity contribution in [1.29, 1.82) is 0 Å². The number of hydrogen-bond donors (Lipinski definition) is 1. The molecule has 0 bridgehead atoms. The van der Waals surface area contributed by atoms with Gasteiger partial charge in [0.2, 0.25) is 5.91 Å². The minimum absolute atomic E-state index is 0.184. The average Bonchev–Trinajstić information content (AvgIpc) is 2.55. The van der Waals surface area contributed by atoms with Gasteiger partial charge in [0.15, 0.2) is 0 Å². The first-order chi connectivity index (χ1) is 10.8. The minimum Gasteiger partial charge on any atom is -0.356 e. The number of hydrogen-bond acceptors (Lipinski definition) is 4. The molecule has 5 nitrogen and oxygen atoms in total. The molecule has 0 atom stereocenters. The third-order valence-electron chi connectivity index (χ3n) is 4.41. The van der Waals surface area contributed by atoms with Crippen LogP contribution in [0.2, 0.25) is 0 Å². The number of nitrogens with zero attached hydrogens (tertiary/aromatic N) is 3. The van der Waals surface area contributed by atoms with Crippen molar-refractivity contribution in [2.45, 2.75) is 51.5 Å². The van der Waals surface area contributed by atoms with E-state index in [-0.39, 0.29) is 5.91 Å². The fourth-order valence-corrected chi connectivity index (χ4v) is 3.23. The maximum absolute atomic E-state index is 11.7. The van der Waals surface area contributed by atoms with Gasteiger partial charge in [0.25, 0.3) is 0 Å². The summed E-state index contributed by atoms with van der Waals surface area (Å²) >= 11 is 0. The predicted molar refractivity (Wildman–Crippen MR) is 87.7 cm³/mol. The monoisotopic (exact) mass is 300 g/mol. The first kappa shape index (κ1) is 15.0. The molecule has 1 fully saturated rings. The van der Waals surface area contributed by atoms with Crippen LogP contribution in [0.25, 0.3) is 6.08 Å². The second-order valence-corrected chi connectivity index (χ2v) is 6.08. The largest absolute Gasteiger partial charge is 0.356 e. The summed E-state index contributed by atoms with van der Waals surface area (Å²) in [5, 5.41) is 3.14. The van der Waals surface area contributed by atoms with Crippen LogP contribution in [0.1, 0.15) is 50.3 Å². The first-order valence-corrected chi connectivity index (χ1v) is 8.32. The number of nitrogens with one attached hydrogen (secondary N) is 1. The molecule has 2 aliphatic rings. The molecule has 2 heterocycles. The molecule has 5 heteroatoms. The number of aryl methyl sites for hydroxylation is 1. The van der Waals surface area contributed by atoms with Gasteiger partial charge in [-0.05, 0) is 32.1 Å². The second-order valence-electron chi connectivity index (χ2n) is 6.08. The van der Waals surface area contributed by atoms with E-state index in [2.05, 4.69) is 32.3 Å². The molecule has 0 aromatic carbocycles. The number of piperidine rings is 1. The quantitative estimate of drug-likeness (QED) is 0.927. The van der Waals surface area contributed by atoms with Gasteiger partial charge in [-0.25, -0.2) is 9.97 Å². The summed E-state index contributed by atoms with van der Waals surface area (Å²) in [6.45, 7) is 3.91. The van der Waals surface area contributed by atoms with Gasteiger partial charge in [0.05, 0.1) is 5.69 Å². The molecule has 22 heavy (non-hydrogen) atoms. The highest BCUT2D eigenvalue weighted by atomic mass is 16.1. The molecule has 1 N–H and O–H groups in total. The number of carbonyl (C=O) groups excluding carboxylic acids is 1. The van der Waals surface area contributed by atoms with E-state index >= 15 is 0 Å². The van der Waals surface area contributed by atoms with Crippen LogP contribution in [0.3, 0.4) is 0 Å². The number of anilines is 1. The topological polar surface area (TPSA) is 58.1 Å². The highest BCUT2D eigenvalue weighted by molar-refractivity contribution is 5.76. The Morgan fingerprint density at radius 3 is 2.95 bits per heavy atom. The molecule has 1 amide bonds. The summed E-state index contributed by atoms with van der Waals surface area (Å²) in [6.07, 6.45) is 11.6. The van der Waals surface area contributed by atoms with Crippen molar-refractivity contribution >= 4 is 17.8 Å². The van der Waals surface area contributed by atoms with Crippen molar-refractivity contribution in [3.05, 3.63) is 23.7 Å². The third kappa shape index (κ3) is 3.29. The maximum atomic E-state index is 11.7. The lowest BCUT2D eigenvalue weighted by atomic mass is 10.0. The minimum atomic E-state index is 0.184. The van der Waals surface area contributed by atoms with Gasteiger partial charge in [0.1, 0.15) is 12.1 Å². The van der Waals surface area contributed by atoms with Gasteiger partial charge in [-0.15, -0.1) is 0 Å². The van der Waals surface area contributed by atoms with Crippen LogP contribution in [-0.2, 0) is 11.2 Å². The fraction of sp³-hybridized carbons (Fsp3) is 0.588. The smallest absolute Gasteiger partial charge is 0.220 e. The van der Waals surface area contributed by atoms with Crippen LogP contribution in [0, 0.1) is 0 Å². The number of rotatable bonds is 4.